The van der Waals surface area contributed by atoms with Crippen LogP contribution in [0, 0.1) is 0 Å². The summed E-state index contributed by atoms with van der Waals surface area (Å²) in [5.41, 5.74) is 2.52. The standard InChI is InChI=1S/C18H24N2OS/c1-4-14-8-10-15(11-9-14)17(16-7-6-12-22-16)20-13(3)18(21)19-5-2/h6-13,17,20H,4-5H2,1-3H3,(H,19,21)/t13-,17+/m0/s1. The predicted molar refractivity (Wildman–Crippen MR) is 93.3 cm³/mol. The van der Waals surface area contributed by atoms with E-state index in [-0.39, 0.29) is 18.0 Å². The van der Waals surface area contributed by atoms with E-state index in [1.165, 1.54) is 16.0 Å². The van der Waals surface area contributed by atoms with E-state index in [4.69, 9.17) is 0 Å². The molecule has 1 heterocycles. The Kier molecular flexibility index (Phi) is 6.16. The second-order valence-electron chi connectivity index (χ2n) is 5.33. The molecule has 1 amide bonds. The largest absolute Gasteiger partial charge is 0.355 e. The molecule has 0 saturated carbocycles. The molecule has 1 aromatic heterocycles. The molecule has 0 bridgehead atoms. The predicted octanol–water partition coefficient (Wildman–Crippen LogP) is 3.51. The van der Waals surface area contributed by atoms with Gasteiger partial charge >= 0.3 is 0 Å². The minimum atomic E-state index is -0.238. The minimum Gasteiger partial charge on any atom is -0.355 e. The van der Waals surface area contributed by atoms with Crippen LogP contribution in [0.4, 0.5) is 0 Å². The highest BCUT2D eigenvalue weighted by molar-refractivity contribution is 7.10. The molecule has 4 heteroatoms. The molecule has 22 heavy (non-hydrogen) atoms. The van der Waals surface area contributed by atoms with Crippen molar-refractivity contribution in [3.63, 3.8) is 0 Å². The Morgan fingerprint density at radius 2 is 1.91 bits per heavy atom. The van der Waals surface area contributed by atoms with E-state index in [0.29, 0.717) is 6.54 Å². The monoisotopic (exact) mass is 316 g/mol. The Bertz CT molecular complexity index is 578. The van der Waals surface area contributed by atoms with Crippen molar-refractivity contribution in [1.29, 1.82) is 0 Å². The summed E-state index contributed by atoms with van der Waals surface area (Å²) in [4.78, 5) is 13.2. The third-order valence-corrected chi connectivity index (χ3v) is 4.65. The average Bonchev–Trinajstić information content (AvgIpc) is 3.07. The number of hydrogen-bond donors (Lipinski definition) is 2. The van der Waals surface area contributed by atoms with Gasteiger partial charge in [-0.2, -0.15) is 0 Å². The van der Waals surface area contributed by atoms with Crippen LogP contribution >= 0.6 is 11.3 Å². The van der Waals surface area contributed by atoms with Crippen LogP contribution in [-0.2, 0) is 11.2 Å². The molecular weight excluding hydrogens is 292 g/mol. The second-order valence-corrected chi connectivity index (χ2v) is 6.31. The normalized spacial score (nSPS) is 13.6. The van der Waals surface area contributed by atoms with Gasteiger partial charge in [0.1, 0.15) is 0 Å². The second kappa shape index (κ2) is 8.11. The summed E-state index contributed by atoms with van der Waals surface area (Å²) in [6.07, 6.45) is 1.03. The third-order valence-electron chi connectivity index (χ3n) is 3.71. The lowest BCUT2D eigenvalue weighted by molar-refractivity contribution is -0.122. The number of benzene rings is 1. The Labute approximate surface area is 136 Å². The van der Waals surface area contributed by atoms with Crippen LogP contribution in [0.2, 0.25) is 0 Å². The Morgan fingerprint density at radius 3 is 2.45 bits per heavy atom. The number of likely N-dealkylation sites (N-methyl/N-ethyl adjacent to an activating group) is 1. The number of hydrogen-bond acceptors (Lipinski definition) is 3. The van der Waals surface area contributed by atoms with E-state index in [1.807, 2.05) is 19.9 Å². The first kappa shape index (κ1) is 16.7. The van der Waals surface area contributed by atoms with Crippen LogP contribution in [0.1, 0.15) is 42.8 Å². The molecular formula is C18H24N2OS. The third kappa shape index (κ3) is 4.18. The summed E-state index contributed by atoms with van der Waals surface area (Å²) in [6, 6.07) is 12.6. The zero-order valence-corrected chi connectivity index (χ0v) is 14.2. The van der Waals surface area contributed by atoms with Crippen LogP contribution < -0.4 is 10.6 Å². The van der Waals surface area contributed by atoms with Crippen molar-refractivity contribution in [2.45, 2.75) is 39.3 Å². The topological polar surface area (TPSA) is 41.1 Å². The highest BCUT2D eigenvalue weighted by atomic mass is 32.1. The van der Waals surface area contributed by atoms with Crippen molar-refractivity contribution in [3.05, 3.63) is 57.8 Å². The lowest BCUT2D eigenvalue weighted by Gasteiger charge is -2.22. The molecule has 2 atom stereocenters. The van der Waals surface area contributed by atoms with Crippen LogP contribution in [0.3, 0.4) is 0 Å². The van der Waals surface area contributed by atoms with E-state index in [0.717, 1.165) is 6.42 Å². The molecule has 118 valence electrons. The smallest absolute Gasteiger partial charge is 0.236 e. The summed E-state index contributed by atoms with van der Waals surface area (Å²) >= 11 is 1.71. The van der Waals surface area contributed by atoms with E-state index in [2.05, 4.69) is 53.3 Å². The quantitative estimate of drug-likeness (QED) is 0.820. The maximum Gasteiger partial charge on any atom is 0.236 e. The fourth-order valence-corrected chi connectivity index (χ4v) is 3.21. The van der Waals surface area contributed by atoms with Gasteiger partial charge in [-0.1, -0.05) is 37.3 Å². The molecule has 0 saturated heterocycles. The maximum atomic E-state index is 12.0. The van der Waals surface area contributed by atoms with Crippen molar-refractivity contribution in [2.24, 2.45) is 0 Å². The van der Waals surface area contributed by atoms with Gasteiger partial charge in [0.25, 0.3) is 0 Å². The molecule has 2 rings (SSSR count). The molecule has 2 aromatic rings. The Hall–Kier alpha value is -1.65. The lowest BCUT2D eigenvalue weighted by atomic mass is 10.0. The highest BCUT2D eigenvalue weighted by Crippen LogP contribution is 2.27. The molecule has 0 aliphatic rings. The van der Waals surface area contributed by atoms with Gasteiger partial charge in [0.2, 0.25) is 5.91 Å². The van der Waals surface area contributed by atoms with E-state index in [9.17, 15) is 4.79 Å². The molecule has 0 unspecified atom stereocenters. The van der Waals surface area contributed by atoms with Gasteiger partial charge in [-0.15, -0.1) is 11.3 Å². The first-order chi connectivity index (χ1) is 10.7. The van der Waals surface area contributed by atoms with Crippen LogP contribution in [-0.4, -0.2) is 18.5 Å². The summed E-state index contributed by atoms with van der Waals surface area (Å²) < 4.78 is 0. The van der Waals surface area contributed by atoms with E-state index in [1.54, 1.807) is 11.3 Å². The van der Waals surface area contributed by atoms with Gasteiger partial charge in [0.15, 0.2) is 0 Å². The van der Waals surface area contributed by atoms with Gasteiger partial charge in [-0.25, -0.2) is 0 Å². The van der Waals surface area contributed by atoms with Crippen molar-refractivity contribution in [2.75, 3.05) is 6.54 Å². The molecule has 0 aliphatic carbocycles. The molecule has 0 aliphatic heterocycles. The van der Waals surface area contributed by atoms with Crippen molar-refractivity contribution in [3.8, 4) is 0 Å². The van der Waals surface area contributed by atoms with Gasteiger partial charge in [0.05, 0.1) is 12.1 Å². The Morgan fingerprint density at radius 1 is 1.18 bits per heavy atom. The molecule has 3 nitrogen and oxygen atoms in total. The molecule has 0 radical (unpaired) electrons. The fourth-order valence-electron chi connectivity index (χ4n) is 2.40. The van der Waals surface area contributed by atoms with E-state index >= 15 is 0 Å². The molecule has 0 fully saturated rings. The van der Waals surface area contributed by atoms with Gasteiger partial charge < -0.3 is 5.32 Å². The summed E-state index contributed by atoms with van der Waals surface area (Å²) in [7, 11) is 0. The first-order valence-corrected chi connectivity index (χ1v) is 8.69. The lowest BCUT2D eigenvalue weighted by Crippen LogP contribution is -2.43. The summed E-state index contributed by atoms with van der Waals surface area (Å²) in [6.45, 7) is 6.65. The van der Waals surface area contributed by atoms with Crippen molar-refractivity contribution in [1.82, 2.24) is 10.6 Å². The molecule has 2 N–H and O–H groups in total. The maximum absolute atomic E-state index is 12.0. The fraction of sp³-hybridized carbons (Fsp3) is 0.389. The average molecular weight is 316 g/mol. The number of nitrogens with one attached hydrogen (secondary N) is 2. The van der Waals surface area contributed by atoms with Crippen LogP contribution in [0.5, 0.6) is 0 Å². The number of rotatable bonds is 7. The zero-order chi connectivity index (χ0) is 15.9. The van der Waals surface area contributed by atoms with Crippen molar-refractivity contribution < 1.29 is 4.79 Å². The highest BCUT2D eigenvalue weighted by Gasteiger charge is 2.21. The summed E-state index contributed by atoms with van der Waals surface area (Å²) in [5, 5.41) is 8.39. The first-order valence-electron chi connectivity index (χ1n) is 7.81. The van der Waals surface area contributed by atoms with E-state index < -0.39 is 0 Å². The SMILES string of the molecule is CCNC(=O)[C@H](C)N[C@H](c1ccc(CC)cc1)c1cccs1. The summed E-state index contributed by atoms with van der Waals surface area (Å²) in [5.74, 6) is 0.0363. The number of carbonyl (C=O) groups is 1. The number of aryl methyl sites for hydroxylation is 1. The number of thiophene rings is 1. The van der Waals surface area contributed by atoms with Crippen LogP contribution in [0.15, 0.2) is 41.8 Å². The molecule has 0 spiro atoms. The minimum absolute atomic E-state index is 0.0363. The molecule has 1 aromatic carbocycles. The number of amides is 1. The van der Waals surface area contributed by atoms with Gasteiger partial charge in [0, 0.05) is 11.4 Å². The zero-order valence-electron chi connectivity index (χ0n) is 13.4. The van der Waals surface area contributed by atoms with Crippen LogP contribution in [0.25, 0.3) is 0 Å². The number of carbonyl (C=O) groups excluding carboxylic acids is 1. The van der Waals surface area contributed by atoms with Gasteiger partial charge in [-0.05, 0) is 42.8 Å². The van der Waals surface area contributed by atoms with Gasteiger partial charge in [-0.3, -0.25) is 10.1 Å². The Balaban J connectivity index is 2.21. The van der Waals surface area contributed by atoms with Crippen molar-refractivity contribution >= 4 is 17.2 Å².